The Bertz CT molecular complexity index is 701. The van der Waals surface area contributed by atoms with Crippen LogP contribution in [0.15, 0.2) is 27.6 Å². The van der Waals surface area contributed by atoms with Crippen LogP contribution in [0.1, 0.15) is 29.6 Å². The van der Waals surface area contributed by atoms with E-state index in [4.69, 9.17) is 5.73 Å². The third-order valence-corrected chi connectivity index (χ3v) is 6.49. The zero-order chi connectivity index (χ0) is 15.9. The summed E-state index contributed by atoms with van der Waals surface area (Å²) < 4.78 is 27.8. The molecule has 2 saturated heterocycles. The standard InChI is InChI=1S/C14H18BrN3O3S.ClH/c15-10-4-9(14(16)19)5-13(6-10)22(20,21)18-7-11-2-1-3-12(8-18)17-11;/h4-6,11-12,17H,1-3,7-8H2,(H2,16,19);1H. The fourth-order valence-corrected chi connectivity index (χ4v) is 5.41. The summed E-state index contributed by atoms with van der Waals surface area (Å²) >= 11 is 3.24. The molecule has 0 spiro atoms. The lowest BCUT2D eigenvalue weighted by atomic mass is 9.96. The number of carbonyl (C=O) groups is 1. The molecule has 1 aromatic rings. The van der Waals surface area contributed by atoms with E-state index in [1.807, 2.05) is 0 Å². The number of piperazine rings is 1. The minimum absolute atomic E-state index is 0. The second kappa shape index (κ2) is 7.06. The van der Waals surface area contributed by atoms with Gasteiger partial charge in [0.1, 0.15) is 0 Å². The smallest absolute Gasteiger partial charge is 0.248 e. The van der Waals surface area contributed by atoms with Crippen molar-refractivity contribution in [2.45, 2.75) is 36.2 Å². The molecule has 2 bridgehead atoms. The van der Waals surface area contributed by atoms with Crippen molar-refractivity contribution in [3.05, 3.63) is 28.2 Å². The third kappa shape index (κ3) is 3.88. The van der Waals surface area contributed by atoms with Crippen LogP contribution in [0.3, 0.4) is 0 Å². The van der Waals surface area contributed by atoms with Crippen LogP contribution >= 0.6 is 28.3 Å². The first kappa shape index (κ1) is 18.7. The van der Waals surface area contributed by atoms with Gasteiger partial charge in [-0.1, -0.05) is 22.4 Å². The number of nitrogens with zero attached hydrogens (tertiary/aromatic N) is 1. The molecule has 0 aromatic heterocycles. The lowest BCUT2D eigenvalue weighted by molar-refractivity contribution is 0.1000. The Labute approximate surface area is 150 Å². The van der Waals surface area contributed by atoms with Crippen LogP contribution in [0.2, 0.25) is 0 Å². The van der Waals surface area contributed by atoms with E-state index in [9.17, 15) is 13.2 Å². The highest BCUT2D eigenvalue weighted by Crippen LogP contribution is 2.27. The molecule has 1 amide bonds. The number of fused-ring (bicyclic) bond motifs is 2. The summed E-state index contributed by atoms with van der Waals surface area (Å²) in [6.07, 6.45) is 3.13. The van der Waals surface area contributed by atoms with Crippen LogP contribution in [0.5, 0.6) is 0 Å². The van der Waals surface area contributed by atoms with Gasteiger partial charge in [-0.25, -0.2) is 8.42 Å². The maximum absolute atomic E-state index is 12.9. The summed E-state index contributed by atoms with van der Waals surface area (Å²) in [4.78, 5) is 11.5. The molecule has 6 nitrogen and oxygen atoms in total. The Morgan fingerprint density at radius 1 is 1.22 bits per heavy atom. The van der Waals surface area contributed by atoms with E-state index in [1.165, 1.54) is 22.5 Å². The lowest BCUT2D eigenvalue weighted by Crippen LogP contribution is -2.59. The molecule has 2 heterocycles. The van der Waals surface area contributed by atoms with Gasteiger partial charge in [0.15, 0.2) is 0 Å². The predicted molar refractivity (Wildman–Crippen MR) is 93.2 cm³/mol. The first-order chi connectivity index (χ1) is 10.4. The molecule has 2 atom stereocenters. The number of nitrogens with one attached hydrogen (secondary N) is 1. The van der Waals surface area contributed by atoms with Crippen LogP contribution in [0, 0.1) is 0 Å². The Morgan fingerprint density at radius 3 is 2.39 bits per heavy atom. The number of piperidine rings is 1. The summed E-state index contributed by atoms with van der Waals surface area (Å²) in [7, 11) is -3.63. The molecule has 128 valence electrons. The number of benzene rings is 1. The molecule has 3 rings (SSSR count). The summed E-state index contributed by atoms with van der Waals surface area (Å²) in [6, 6.07) is 4.81. The first-order valence-electron chi connectivity index (χ1n) is 7.23. The second-order valence-electron chi connectivity index (χ2n) is 5.85. The molecule has 2 fully saturated rings. The first-order valence-corrected chi connectivity index (χ1v) is 9.46. The van der Waals surface area contributed by atoms with E-state index in [2.05, 4.69) is 21.2 Å². The highest BCUT2D eigenvalue weighted by atomic mass is 79.9. The molecule has 1 aromatic carbocycles. The predicted octanol–water partition coefficient (Wildman–Crippen LogP) is 1.48. The van der Waals surface area contributed by atoms with E-state index >= 15 is 0 Å². The largest absolute Gasteiger partial charge is 0.366 e. The Hall–Kier alpha value is -0.670. The summed E-state index contributed by atoms with van der Waals surface area (Å²) in [5.74, 6) is -0.644. The zero-order valence-corrected chi connectivity index (χ0v) is 15.6. The molecule has 9 heteroatoms. The number of nitrogens with two attached hydrogens (primary N) is 1. The van der Waals surface area contributed by atoms with Crippen LogP contribution < -0.4 is 11.1 Å². The fraction of sp³-hybridized carbons (Fsp3) is 0.500. The summed E-state index contributed by atoms with van der Waals surface area (Å²) in [5, 5.41) is 3.46. The summed E-state index contributed by atoms with van der Waals surface area (Å²) in [5.41, 5.74) is 5.45. The maximum atomic E-state index is 12.9. The molecule has 0 aliphatic carbocycles. The minimum Gasteiger partial charge on any atom is -0.366 e. The minimum atomic E-state index is -3.63. The van der Waals surface area contributed by atoms with E-state index in [1.54, 1.807) is 0 Å². The molecular formula is C14H19BrClN3O3S. The topological polar surface area (TPSA) is 92.5 Å². The van der Waals surface area contributed by atoms with Crippen LogP contribution in [0.4, 0.5) is 0 Å². The van der Waals surface area contributed by atoms with Crippen LogP contribution in [0.25, 0.3) is 0 Å². The van der Waals surface area contributed by atoms with Gasteiger partial charge in [-0.15, -0.1) is 12.4 Å². The van der Waals surface area contributed by atoms with E-state index < -0.39 is 15.9 Å². The van der Waals surface area contributed by atoms with Gasteiger partial charge in [-0.3, -0.25) is 4.79 Å². The fourth-order valence-electron chi connectivity index (χ4n) is 3.16. The highest BCUT2D eigenvalue weighted by Gasteiger charge is 2.36. The van der Waals surface area contributed by atoms with Crippen molar-refractivity contribution in [2.24, 2.45) is 5.73 Å². The van der Waals surface area contributed by atoms with Gasteiger partial charge < -0.3 is 11.1 Å². The summed E-state index contributed by atoms with van der Waals surface area (Å²) in [6.45, 7) is 0.939. The number of amides is 1. The Balaban J connectivity index is 0.00000192. The van der Waals surface area contributed by atoms with E-state index in [-0.39, 0.29) is 34.9 Å². The van der Waals surface area contributed by atoms with Crippen molar-refractivity contribution in [3.8, 4) is 0 Å². The van der Waals surface area contributed by atoms with Crippen molar-refractivity contribution in [3.63, 3.8) is 0 Å². The molecule has 0 radical (unpaired) electrons. The average Bonchev–Trinajstić information content (AvgIpc) is 2.46. The van der Waals surface area contributed by atoms with E-state index in [0.717, 1.165) is 19.3 Å². The highest BCUT2D eigenvalue weighted by molar-refractivity contribution is 9.10. The SMILES string of the molecule is Cl.NC(=O)c1cc(Br)cc(S(=O)(=O)N2CC3CCCC(C2)N3)c1. The molecule has 2 aliphatic heterocycles. The van der Waals surface area contributed by atoms with E-state index in [0.29, 0.717) is 17.6 Å². The van der Waals surface area contributed by atoms with Crippen molar-refractivity contribution in [1.82, 2.24) is 9.62 Å². The number of carbonyl (C=O) groups excluding carboxylic acids is 1. The number of hydrogen-bond acceptors (Lipinski definition) is 4. The van der Waals surface area contributed by atoms with Crippen molar-refractivity contribution >= 4 is 44.3 Å². The Kier molecular flexibility index (Phi) is 5.73. The molecule has 3 N–H and O–H groups in total. The normalized spacial score (nSPS) is 24.7. The Morgan fingerprint density at radius 2 is 1.83 bits per heavy atom. The van der Waals surface area contributed by atoms with Crippen LogP contribution in [-0.4, -0.2) is 43.8 Å². The average molecular weight is 425 g/mol. The zero-order valence-electron chi connectivity index (χ0n) is 12.4. The number of rotatable bonds is 3. The lowest BCUT2D eigenvalue weighted by Gasteiger charge is -2.41. The van der Waals surface area contributed by atoms with Gasteiger partial charge in [-0.2, -0.15) is 4.31 Å². The number of sulfonamides is 1. The molecule has 2 unspecified atom stereocenters. The van der Waals surface area contributed by atoms with Gasteiger partial charge in [-0.05, 0) is 31.0 Å². The second-order valence-corrected chi connectivity index (χ2v) is 8.71. The van der Waals surface area contributed by atoms with Crippen molar-refractivity contribution in [2.75, 3.05) is 13.1 Å². The monoisotopic (exact) mass is 423 g/mol. The molecule has 0 saturated carbocycles. The van der Waals surface area contributed by atoms with Gasteiger partial charge in [0.05, 0.1) is 4.90 Å². The quantitative estimate of drug-likeness (QED) is 0.769. The van der Waals surface area contributed by atoms with Gasteiger partial charge in [0, 0.05) is 35.2 Å². The van der Waals surface area contributed by atoms with Crippen molar-refractivity contribution < 1.29 is 13.2 Å². The number of hydrogen-bond donors (Lipinski definition) is 2. The van der Waals surface area contributed by atoms with Gasteiger partial charge >= 0.3 is 0 Å². The van der Waals surface area contributed by atoms with Crippen molar-refractivity contribution in [1.29, 1.82) is 0 Å². The third-order valence-electron chi connectivity index (χ3n) is 4.22. The molecule has 23 heavy (non-hydrogen) atoms. The number of halogens is 2. The van der Waals surface area contributed by atoms with Gasteiger partial charge in [0.25, 0.3) is 0 Å². The molecule has 2 aliphatic rings. The van der Waals surface area contributed by atoms with Gasteiger partial charge in [0.2, 0.25) is 15.9 Å². The van der Waals surface area contributed by atoms with Crippen LogP contribution in [-0.2, 0) is 10.0 Å². The molecular weight excluding hydrogens is 406 g/mol. The maximum Gasteiger partial charge on any atom is 0.248 e. The number of primary amides is 1.